The van der Waals surface area contributed by atoms with Crippen molar-refractivity contribution < 1.29 is 14.3 Å². The number of likely N-dealkylation sites (tertiary alicyclic amines) is 1. The second-order valence-electron chi connectivity index (χ2n) is 13.2. The Morgan fingerprint density at radius 1 is 0.958 bits per heavy atom. The molecule has 0 aromatic heterocycles. The molecule has 0 amide bonds. The van der Waals surface area contributed by atoms with Gasteiger partial charge in [-0.3, -0.25) is 4.79 Å². The Labute approximate surface area is 292 Å². The van der Waals surface area contributed by atoms with Gasteiger partial charge in [-0.2, -0.15) is 0 Å². The maximum absolute atomic E-state index is 13.2. The van der Waals surface area contributed by atoms with E-state index in [4.69, 9.17) is 9.47 Å². The number of fused-ring (bicyclic) bond motifs is 1. The molecule has 0 spiro atoms. The number of carbonyl (C=O) groups is 1. The standard InChI is InChI=1S/C30H39NO3.C11H14.C3H8/c1-5-23-10-9-11-24-18-19-31(28(6-2)29(23)24)21(3)26-12-7-8-13-27(26)30(32)34-20-22-14-16-25(33-4)17-15-22;1-4-10-7-5-6-8-11(10)9(2)3;1-3-2/h5,11,14-17,26-28H,1,3,6-10,12-13,18-20H2,2,4H3;5-8H,2,4H2,1,3H3;3H2,1-2H3. The summed E-state index contributed by atoms with van der Waals surface area (Å²) in [7, 11) is 1.65. The van der Waals surface area contributed by atoms with E-state index in [1.165, 1.54) is 34.3 Å². The Kier molecular flexibility index (Phi) is 16.0. The number of hydrogen-bond acceptors (Lipinski definition) is 4. The summed E-state index contributed by atoms with van der Waals surface area (Å²) in [6.07, 6.45) is 15.2. The minimum atomic E-state index is -0.117. The van der Waals surface area contributed by atoms with E-state index in [1.807, 2.05) is 24.3 Å². The molecule has 5 rings (SSSR count). The van der Waals surface area contributed by atoms with Crippen molar-refractivity contribution in [2.24, 2.45) is 11.8 Å². The van der Waals surface area contributed by atoms with E-state index in [-0.39, 0.29) is 17.8 Å². The van der Waals surface area contributed by atoms with Crippen LogP contribution < -0.4 is 4.74 Å². The van der Waals surface area contributed by atoms with Crippen LogP contribution in [0.4, 0.5) is 0 Å². The Bertz CT molecular complexity index is 1430. The Morgan fingerprint density at radius 2 is 1.62 bits per heavy atom. The number of methoxy groups -OCH3 is 1. The minimum Gasteiger partial charge on any atom is -0.497 e. The van der Waals surface area contributed by atoms with Gasteiger partial charge in [0.2, 0.25) is 0 Å². The van der Waals surface area contributed by atoms with E-state index >= 15 is 0 Å². The highest BCUT2D eigenvalue weighted by Gasteiger charge is 2.39. The van der Waals surface area contributed by atoms with E-state index in [1.54, 1.807) is 7.11 Å². The predicted octanol–water partition coefficient (Wildman–Crippen LogP) is 11.4. The number of aryl methyl sites for hydroxylation is 1. The zero-order valence-electron chi connectivity index (χ0n) is 30.8. The monoisotopic (exact) mass is 651 g/mol. The summed E-state index contributed by atoms with van der Waals surface area (Å²) in [6, 6.07) is 16.4. The summed E-state index contributed by atoms with van der Waals surface area (Å²) < 4.78 is 11.0. The molecule has 3 atom stereocenters. The van der Waals surface area contributed by atoms with E-state index in [2.05, 4.69) is 95.7 Å². The summed E-state index contributed by atoms with van der Waals surface area (Å²) >= 11 is 0. The lowest BCUT2D eigenvalue weighted by Gasteiger charge is -2.46. The van der Waals surface area contributed by atoms with Crippen molar-refractivity contribution in [3.63, 3.8) is 0 Å². The number of esters is 1. The minimum absolute atomic E-state index is 0.0871. The van der Waals surface area contributed by atoms with Gasteiger partial charge in [-0.05, 0) is 97.4 Å². The van der Waals surface area contributed by atoms with E-state index in [9.17, 15) is 4.79 Å². The summed E-state index contributed by atoms with van der Waals surface area (Å²) in [5.74, 6) is 0.744. The zero-order chi connectivity index (χ0) is 35.1. The molecule has 0 bridgehead atoms. The Hall–Kier alpha value is -3.79. The number of carbonyl (C=O) groups excluding carboxylic acids is 1. The van der Waals surface area contributed by atoms with Gasteiger partial charge in [-0.1, -0.05) is 121 Å². The van der Waals surface area contributed by atoms with Crippen LogP contribution in [0.2, 0.25) is 0 Å². The molecule has 2 aliphatic carbocycles. The molecule has 0 radical (unpaired) electrons. The van der Waals surface area contributed by atoms with Crippen molar-refractivity contribution in [3.05, 3.63) is 120 Å². The lowest BCUT2D eigenvalue weighted by molar-refractivity contribution is -0.153. The number of rotatable bonds is 10. The van der Waals surface area contributed by atoms with E-state index in [0.717, 1.165) is 86.9 Å². The fraction of sp³-hybridized carbons (Fsp3) is 0.477. The van der Waals surface area contributed by atoms with Crippen LogP contribution in [0, 0.1) is 11.8 Å². The SMILES string of the molecule is C=C(C)c1ccccc1CC.C=CC1=C2C(=CCC1)CCN(C(=C)C1CCCCC1C(=O)OCc1ccc(OC)cc1)C2CC.CCC. The maximum Gasteiger partial charge on any atom is 0.309 e. The lowest BCUT2D eigenvalue weighted by atomic mass is 9.75. The first kappa shape index (κ1) is 38.7. The van der Waals surface area contributed by atoms with Crippen LogP contribution in [0.3, 0.4) is 0 Å². The quantitative estimate of drug-likeness (QED) is 0.240. The third kappa shape index (κ3) is 10.1. The second-order valence-corrected chi connectivity index (χ2v) is 13.2. The molecule has 2 aromatic rings. The average Bonchev–Trinajstić information content (AvgIpc) is 3.13. The molecule has 2 fully saturated rings. The van der Waals surface area contributed by atoms with E-state index < -0.39 is 0 Å². The van der Waals surface area contributed by atoms with Crippen LogP contribution in [-0.4, -0.2) is 30.6 Å². The largest absolute Gasteiger partial charge is 0.497 e. The number of piperidine rings is 1. The summed E-state index contributed by atoms with van der Waals surface area (Å²) in [5, 5.41) is 0. The molecular formula is C44H61NO3. The normalized spacial score (nSPS) is 20.1. The van der Waals surface area contributed by atoms with Crippen molar-refractivity contribution in [1.82, 2.24) is 4.90 Å². The highest BCUT2D eigenvalue weighted by Crippen LogP contribution is 2.43. The van der Waals surface area contributed by atoms with E-state index in [0.29, 0.717) is 12.6 Å². The molecule has 48 heavy (non-hydrogen) atoms. The predicted molar refractivity (Wildman–Crippen MR) is 204 cm³/mol. The fourth-order valence-electron chi connectivity index (χ4n) is 7.30. The van der Waals surface area contributed by atoms with Crippen LogP contribution in [-0.2, 0) is 22.6 Å². The first-order valence-electron chi connectivity index (χ1n) is 18.3. The molecule has 1 heterocycles. The number of allylic oxidation sites excluding steroid dienone is 5. The van der Waals surface area contributed by atoms with Gasteiger partial charge in [-0.15, -0.1) is 0 Å². The number of nitrogens with zero attached hydrogens (tertiary/aromatic N) is 1. The van der Waals surface area contributed by atoms with Gasteiger partial charge in [0, 0.05) is 18.2 Å². The third-order valence-corrected chi connectivity index (χ3v) is 9.72. The molecule has 4 heteroatoms. The number of ether oxygens (including phenoxy) is 2. The van der Waals surface area contributed by atoms with Crippen LogP contribution in [0.5, 0.6) is 5.75 Å². The molecule has 1 aliphatic heterocycles. The average molecular weight is 652 g/mol. The molecule has 2 aromatic carbocycles. The van der Waals surface area contributed by atoms with Crippen LogP contribution in [0.15, 0.2) is 103 Å². The van der Waals surface area contributed by atoms with Gasteiger partial charge in [0.15, 0.2) is 0 Å². The summed E-state index contributed by atoms with van der Waals surface area (Å²) in [5.41, 5.74) is 10.3. The van der Waals surface area contributed by atoms with Gasteiger partial charge < -0.3 is 14.4 Å². The van der Waals surface area contributed by atoms with Gasteiger partial charge in [0.05, 0.1) is 19.1 Å². The van der Waals surface area contributed by atoms with Crippen molar-refractivity contribution >= 4 is 11.5 Å². The first-order valence-corrected chi connectivity index (χ1v) is 18.3. The van der Waals surface area contributed by atoms with Gasteiger partial charge in [-0.25, -0.2) is 0 Å². The molecule has 0 N–H and O–H groups in total. The highest BCUT2D eigenvalue weighted by atomic mass is 16.5. The maximum atomic E-state index is 13.2. The Morgan fingerprint density at radius 3 is 2.21 bits per heavy atom. The molecular weight excluding hydrogens is 590 g/mol. The third-order valence-electron chi connectivity index (χ3n) is 9.72. The van der Waals surface area contributed by atoms with Crippen molar-refractivity contribution in [3.8, 4) is 5.75 Å². The second kappa shape index (κ2) is 19.9. The van der Waals surface area contributed by atoms with Crippen LogP contribution >= 0.6 is 0 Å². The topological polar surface area (TPSA) is 38.8 Å². The molecule has 1 saturated carbocycles. The molecule has 1 saturated heterocycles. The molecule has 3 aliphatic rings. The Balaban J connectivity index is 0.000000373. The van der Waals surface area contributed by atoms with Gasteiger partial charge in [0.25, 0.3) is 0 Å². The first-order chi connectivity index (χ1) is 23.2. The van der Waals surface area contributed by atoms with Crippen LogP contribution in [0.1, 0.15) is 109 Å². The summed E-state index contributed by atoms with van der Waals surface area (Å²) in [6.45, 7) is 24.6. The van der Waals surface area contributed by atoms with Crippen molar-refractivity contribution in [1.29, 1.82) is 0 Å². The van der Waals surface area contributed by atoms with Crippen LogP contribution in [0.25, 0.3) is 5.57 Å². The van der Waals surface area contributed by atoms with Gasteiger partial charge in [0.1, 0.15) is 12.4 Å². The molecule has 260 valence electrons. The fourth-order valence-corrected chi connectivity index (χ4v) is 7.30. The smallest absolute Gasteiger partial charge is 0.309 e. The highest BCUT2D eigenvalue weighted by molar-refractivity contribution is 5.73. The number of benzene rings is 2. The summed E-state index contributed by atoms with van der Waals surface area (Å²) in [4.78, 5) is 15.7. The zero-order valence-corrected chi connectivity index (χ0v) is 30.8. The van der Waals surface area contributed by atoms with Crippen molar-refractivity contribution in [2.45, 2.75) is 111 Å². The van der Waals surface area contributed by atoms with Crippen molar-refractivity contribution in [2.75, 3.05) is 13.7 Å². The molecule has 4 nitrogen and oxygen atoms in total. The lowest BCUT2D eigenvalue weighted by Crippen LogP contribution is -2.45. The molecule has 3 unspecified atom stereocenters. The van der Waals surface area contributed by atoms with Gasteiger partial charge >= 0.3 is 5.97 Å². The number of hydrogen-bond donors (Lipinski definition) is 0.